The lowest BCUT2D eigenvalue weighted by molar-refractivity contribution is -0.121. The van der Waals surface area contributed by atoms with Crippen molar-refractivity contribution < 1.29 is 116 Å². The summed E-state index contributed by atoms with van der Waals surface area (Å²) < 4.78 is 169. The van der Waals surface area contributed by atoms with E-state index in [1.165, 1.54) is 77.8 Å². The van der Waals surface area contributed by atoms with Gasteiger partial charge in [0.15, 0.2) is 90.9 Å². The first-order valence-electron chi connectivity index (χ1n) is 43.6. The van der Waals surface area contributed by atoms with Crippen LogP contribution in [-0.4, -0.2) is 201 Å². The Morgan fingerprint density at radius 3 is 0.944 bits per heavy atom. The number of anilines is 4. The first kappa shape index (κ1) is 110. The third kappa shape index (κ3) is 32.4. The number of nitrogens with two attached hydrogens (primary N) is 4. The van der Waals surface area contributed by atoms with Crippen LogP contribution in [0.3, 0.4) is 0 Å². The largest absolute Gasteiger partial charge is 0.496 e. The molecule has 0 fully saturated rings. The standard InChI is InChI=1S/C26H29FN5O8P.C25H27FN5O7P.C20H26N5O6P.C19H24N5O6P/c1-16-10-18(5-7-21(16)36-2)20(33)13-40-41(35,39-12-17-4-6-22(37-3)19(27)11-17)15-38-9-8-32-14-29-23-24(32)30-26(28)31-25(23)34;1-16-3-6-18(7-4-16)20(32)13-38-39(34,37-12-17-5-8-21(35-2)19(26)11-17)15-36-10-9-31-14-28-22-23(31)29-25(27)30-24(22)33;1-3-16(26)11-31-32(28,30-10-15-6-4-14(2)5-7-15)13-29-9-8-25-12-22-17-18(25)23-20(21)24-19(17)27;1-13-3-5-15(6-4-13)10-30-31(27,29-9-14(2)25)12-28-8-7-24-11-21-16-17(24)22-19(20)23-18(16)26/h4-7,10-11,14H,8-9,12-13,15H2,1-3H3,(H3,28,30,31,34);3-8,11,14H,9-10,12-13,15H2,1-2H3,(H3,27,29,30,33);4-7,12H,3,8-11,13H2,1-2H3,(H3,21,23,24,27);3-6,11H,7-10,12H2,1-2H3,(H3,20,22,23,26). The minimum Gasteiger partial charge on any atom is -0.496 e. The summed E-state index contributed by atoms with van der Waals surface area (Å²) in [6.07, 6.45) is 4.28. The zero-order valence-corrected chi connectivity index (χ0v) is 82.6. The molecule has 53 heteroatoms. The number of halogens is 2. The van der Waals surface area contributed by atoms with Gasteiger partial charge in [-0.2, -0.15) is 19.9 Å². The molecule has 8 heterocycles. The molecular weight excluding hydrogens is 1950 g/mol. The SMILES string of the molecule is CC(=O)COP(=O)(COCCn1cnc2c(=O)[nH]c(N)nc21)OCc1ccc(C)cc1.CCC(=O)COP(=O)(COCCn1cnc2c(=O)[nH]c(N)nc21)OCc1ccc(C)cc1.COc1ccc(C(=O)COP(=O)(COCCn2cnc3c(=O)[nH]c(N)nc32)OCc2ccc(OC)c(F)c2)cc1C.COc1ccc(COP(=O)(COCCn2cnc3c(=O)[nH]c(N)nc32)OCC(=O)c2ccc(C)cc2)cc1F. The number of rotatable bonds is 50. The Morgan fingerprint density at radius 1 is 0.364 bits per heavy atom. The molecule has 12 N–H and O–H groups in total. The number of nitrogens with one attached hydrogen (secondary N) is 4. The van der Waals surface area contributed by atoms with Crippen molar-refractivity contribution in [3.63, 3.8) is 0 Å². The second kappa shape index (κ2) is 51.8. The molecule has 0 aliphatic heterocycles. The highest BCUT2D eigenvalue weighted by molar-refractivity contribution is 7.54. The van der Waals surface area contributed by atoms with Crippen LogP contribution in [0.15, 0.2) is 172 Å². The van der Waals surface area contributed by atoms with Gasteiger partial charge in [0, 0.05) is 43.7 Å². The third-order valence-electron chi connectivity index (χ3n) is 20.4. The van der Waals surface area contributed by atoms with Crippen molar-refractivity contribution in [2.24, 2.45) is 0 Å². The Morgan fingerprint density at radius 2 is 0.643 bits per heavy atom. The quantitative estimate of drug-likeness (QED) is 0.00997. The van der Waals surface area contributed by atoms with Gasteiger partial charge in [0.2, 0.25) is 23.8 Å². The number of ether oxygens (including phenoxy) is 7. The van der Waals surface area contributed by atoms with Crippen LogP contribution in [0, 0.1) is 39.3 Å². The van der Waals surface area contributed by atoms with Gasteiger partial charge >= 0.3 is 30.4 Å². The number of carbonyl (C=O) groups excluding carboxylic acids is 4. The lowest BCUT2D eigenvalue weighted by Crippen LogP contribution is -2.14. The highest BCUT2D eigenvalue weighted by Crippen LogP contribution is 2.52. The van der Waals surface area contributed by atoms with Crippen molar-refractivity contribution in [1.82, 2.24) is 78.1 Å². The van der Waals surface area contributed by atoms with E-state index in [9.17, 15) is 65.4 Å². The molecule has 14 rings (SSSR count). The van der Waals surface area contributed by atoms with Gasteiger partial charge in [-0.05, 0) is 105 Å². The molecule has 762 valence electrons. The fraction of sp³-hybridized carbons (Fsp3) is 0.333. The van der Waals surface area contributed by atoms with Crippen LogP contribution in [0.25, 0.3) is 44.7 Å². The van der Waals surface area contributed by atoms with E-state index >= 15 is 0 Å². The Labute approximate surface area is 813 Å². The Kier molecular flexibility index (Phi) is 39.7. The molecule has 4 atom stereocenters. The van der Waals surface area contributed by atoms with Crippen LogP contribution in [0.4, 0.5) is 32.6 Å². The third-order valence-corrected chi connectivity index (χ3v) is 26.6. The summed E-state index contributed by atoms with van der Waals surface area (Å²) in [6.45, 7) is 9.63. The highest BCUT2D eigenvalue weighted by atomic mass is 31.2. The maximum Gasteiger partial charge on any atom is 0.356 e. The van der Waals surface area contributed by atoms with Crippen LogP contribution in [0.5, 0.6) is 17.2 Å². The number of nitrogen functional groups attached to an aromatic ring is 4. The number of hydrogen-bond donors (Lipinski definition) is 8. The minimum absolute atomic E-state index is 0.000656. The first-order chi connectivity index (χ1) is 68.3. The van der Waals surface area contributed by atoms with Crippen molar-refractivity contribution in [2.45, 2.75) is 101 Å². The molecule has 0 spiro atoms. The molecule has 0 aliphatic rings. The van der Waals surface area contributed by atoms with Gasteiger partial charge in [-0.1, -0.05) is 109 Å². The number of hydrogen-bond acceptors (Lipinski definition) is 39. The lowest BCUT2D eigenvalue weighted by Gasteiger charge is -2.19. The number of nitrogens with zero attached hydrogens (tertiary/aromatic N) is 12. The number of aromatic amines is 4. The first-order valence-corrected chi connectivity index (χ1v) is 50.5. The summed E-state index contributed by atoms with van der Waals surface area (Å²) >= 11 is 0. The number of H-pyrrole nitrogens is 4. The molecule has 0 saturated heterocycles. The van der Waals surface area contributed by atoms with Gasteiger partial charge in [0.1, 0.15) is 57.6 Å². The number of ketones is 4. The Hall–Kier alpha value is -13.7. The van der Waals surface area contributed by atoms with Gasteiger partial charge in [-0.25, -0.2) is 28.7 Å². The average molecular weight is 2060 g/mol. The van der Waals surface area contributed by atoms with Gasteiger partial charge in [0.25, 0.3) is 22.2 Å². The van der Waals surface area contributed by atoms with E-state index in [2.05, 4.69) is 59.8 Å². The molecule has 0 amide bonds. The number of fused-ring (bicyclic) bond motifs is 4. The van der Waals surface area contributed by atoms with Gasteiger partial charge < -0.3 is 92.5 Å². The fourth-order valence-corrected chi connectivity index (χ4v) is 17.8. The van der Waals surface area contributed by atoms with Crippen molar-refractivity contribution in [2.75, 3.05) is 123 Å². The number of benzene rings is 6. The van der Waals surface area contributed by atoms with Crippen LogP contribution in [0.1, 0.15) is 85.5 Å². The normalized spacial score (nSPS) is 13.1. The zero-order valence-electron chi connectivity index (χ0n) is 79.0. The molecule has 8 aromatic heterocycles. The van der Waals surface area contributed by atoms with Crippen LogP contribution in [0.2, 0.25) is 0 Å². The van der Waals surface area contributed by atoms with E-state index in [1.54, 1.807) is 86.7 Å². The van der Waals surface area contributed by atoms with Crippen LogP contribution < -0.4 is 59.4 Å². The molecule has 47 nitrogen and oxygen atoms in total. The molecular formula is C90H106F2N20O27P4. The lowest BCUT2D eigenvalue weighted by atomic mass is 10.1. The second-order valence-electron chi connectivity index (χ2n) is 31.4. The number of carbonyl (C=O) groups is 4. The number of aryl methyl sites for hydroxylation is 4. The van der Waals surface area contributed by atoms with Gasteiger partial charge in [0.05, 0.1) is 99.5 Å². The van der Waals surface area contributed by atoms with Crippen LogP contribution in [-0.2, 0) is 136 Å². The molecule has 0 aliphatic carbocycles. The summed E-state index contributed by atoms with van der Waals surface area (Å²) in [5.41, 5.74) is 29.3. The molecule has 0 radical (unpaired) electrons. The second-order valence-corrected chi connectivity index (χ2v) is 39.4. The van der Waals surface area contributed by atoms with E-state index < -0.39 is 102 Å². The summed E-state index contributed by atoms with van der Waals surface area (Å²) in [6, 6.07) is 35.1. The highest BCUT2D eigenvalue weighted by Gasteiger charge is 2.33. The smallest absolute Gasteiger partial charge is 0.356 e. The summed E-state index contributed by atoms with van der Waals surface area (Å²) in [5.74, 6) is -1.99. The number of methoxy groups -OCH3 is 3. The fourth-order valence-electron chi connectivity index (χ4n) is 12.7. The Balaban J connectivity index is 0.000000183. The predicted octanol–water partition coefficient (Wildman–Crippen LogP) is 11.3. The van der Waals surface area contributed by atoms with Crippen molar-refractivity contribution in [3.05, 3.63) is 261 Å². The summed E-state index contributed by atoms with van der Waals surface area (Å²) in [7, 11) is -11.2. The molecule has 6 aromatic carbocycles. The number of aromatic nitrogens is 16. The molecule has 14 aromatic rings. The van der Waals surface area contributed by atoms with E-state index in [1.807, 2.05) is 69.3 Å². The molecule has 4 unspecified atom stereocenters. The predicted molar refractivity (Wildman–Crippen MR) is 519 cm³/mol. The maximum absolute atomic E-state index is 14.1. The molecule has 0 bridgehead atoms. The number of Topliss-reactive ketones (excluding diaryl/α,β-unsaturated/α-hetero) is 4. The monoisotopic (exact) mass is 2060 g/mol. The van der Waals surface area contributed by atoms with Gasteiger partial charge in [-0.3, -0.25) is 94.6 Å². The van der Waals surface area contributed by atoms with E-state index in [0.29, 0.717) is 39.3 Å². The van der Waals surface area contributed by atoms with Crippen molar-refractivity contribution >= 4 is 122 Å². The maximum atomic E-state index is 14.1. The zero-order chi connectivity index (χ0) is 103. The summed E-state index contributed by atoms with van der Waals surface area (Å²) in [4.78, 5) is 138. The Bertz CT molecular complexity index is 7240. The van der Waals surface area contributed by atoms with Crippen molar-refractivity contribution in [3.8, 4) is 17.2 Å². The van der Waals surface area contributed by atoms with Crippen molar-refractivity contribution in [1.29, 1.82) is 0 Å². The van der Waals surface area contributed by atoms with E-state index in [-0.39, 0.29) is 192 Å². The summed E-state index contributed by atoms with van der Waals surface area (Å²) in [5, 5.41) is 0. The molecule has 0 saturated carbocycles. The number of imidazole rings is 4. The van der Waals surface area contributed by atoms with Gasteiger partial charge in [-0.15, -0.1) is 0 Å². The average Bonchev–Trinajstić information content (AvgIpc) is 1.67. The van der Waals surface area contributed by atoms with Crippen LogP contribution >= 0.6 is 30.4 Å². The van der Waals surface area contributed by atoms with E-state index in [4.69, 9.17) is 92.3 Å². The minimum atomic E-state index is -4.03. The van der Waals surface area contributed by atoms with E-state index in [0.717, 1.165) is 33.4 Å². The topological polar surface area (TPSA) is 633 Å². The molecule has 143 heavy (non-hydrogen) atoms.